The minimum absolute atomic E-state index is 0.0934. The van der Waals surface area contributed by atoms with Crippen LogP contribution in [0.5, 0.6) is 0 Å². The van der Waals surface area contributed by atoms with Gasteiger partial charge < -0.3 is 5.32 Å². The normalized spacial score (nSPS) is 10.3. The van der Waals surface area contributed by atoms with Gasteiger partial charge in [-0.2, -0.15) is 0 Å². The number of pyridine rings is 1. The molecule has 0 bridgehead atoms. The molecular formula is C14H14FN3O2. The molecule has 2 rings (SSSR count). The summed E-state index contributed by atoms with van der Waals surface area (Å²) in [5.74, 6) is -0.309. The Kier molecular flexibility index (Phi) is 3.93. The van der Waals surface area contributed by atoms with Gasteiger partial charge in [-0.1, -0.05) is 0 Å². The number of aryl methyl sites for hydroxylation is 1. The van der Waals surface area contributed by atoms with Crippen molar-refractivity contribution in [3.8, 4) is 0 Å². The summed E-state index contributed by atoms with van der Waals surface area (Å²) < 4.78 is 12.8. The quantitative estimate of drug-likeness (QED) is 0.686. The number of hydrogen-bond acceptors (Lipinski definition) is 4. The van der Waals surface area contributed by atoms with Crippen LogP contribution in [0, 0.1) is 29.8 Å². The van der Waals surface area contributed by atoms with Crippen molar-refractivity contribution < 1.29 is 9.31 Å². The van der Waals surface area contributed by atoms with E-state index in [1.54, 1.807) is 26.0 Å². The minimum atomic E-state index is -0.395. The third-order valence-electron chi connectivity index (χ3n) is 3.06. The van der Waals surface area contributed by atoms with E-state index in [-0.39, 0.29) is 11.5 Å². The number of nitrogens with zero attached hydrogens (tertiary/aromatic N) is 2. The first-order valence-corrected chi connectivity index (χ1v) is 6.08. The van der Waals surface area contributed by atoms with E-state index in [1.807, 2.05) is 0 Å². The van der Waals surface area contributed by atoms with Crippen LogP contribution >= 0.6 is 0 Å². The summed E-state index contributed by atoms with van der Waals surface area (Å²) in [4.78, 5) is 14.8. The summed E-state index contributed by atoms with van der Waals surface area (Å²) in [5, 5.41) is 14.1. The Morgan fingerprint density at radius 1 is 1.30 bits per heavy atom. The van der Waals surface area contributed by atoms with Gasteiger partial charge in [-0.15, -0.1) is 0 Å². The van der Waals surface area contributed by atoms with Crippen LogP contribution in [-0.4, -0.2) is 9.91 Å². The number of nitro groups is 1. The maximum atomic E-state index is 12.8. The second-order valence-electron chi connectivity index (χ2n) is 4.48. The van der Waals surface area contributed by atoms with Gasteiger partial charge in [-0.05, 0) is 38.1 Å². The fourth-order valence-corrected chi connectivity index (χ4v) is 1.98. The van der Waals surface area contributed by atoms with Gasteiger partial charge in [0.25, 0.3) is 5.69 Å². The Labute approximate surface area is 115 Å². The highest BCUT2D eigenvalue weighted by Gasteiger charge is 2.18. The van der Waals surface area contributed by atoms with Crippen molar-refractivity contribution in [1.82, 2.24) is 4.98 Å². The lowest BCUT2D eigenvalue weighted by molar-refractivity contribution is -0.386. The van der Waals surface area contributed by atoms with Crippen LogP contribution in [0.4, 0.5) is 15.8 Å². The molecule has 104 valence electrons. The second kappa shape index (κ2) is 5.64. The van der Waals surface area contributed by atoms with E-state index in [9.17, 15) is 14.5 Å². The Balaban J connectivity index is 2.20. The standard InChI is InChI=1S/C14H14FN3O2/c1-9-7-17-13(10(2)14(9)18(19)20)8-16-12-5-3-11(15)4-6-12/h3-7,16H,8H2,1-2H3. The smallest absolute Gasteiger partial charge is 0.278 e. The molecule has 0 aliphatic heterocycles. The maximum Gasteiger partial charge on any atom is 0.278 e. The molecule has 0 amide bonds. The molecule has 6 heteroatoms. The number of hydrogen-bond donors (Lipinski definition) is 1. The highest BCUT2D eigenvalue weighted by Crippen LogP contribution is 2.24. The van der Waals surface area contributed by atoms with Crippen molar-refractivity contribution in [2.75, 3.05) is 5.32 Å². The molecule has 0 aliphatic rings. The first-order chi connectivity index (χ1) is 9.49. The molecule has 0 saturated heterocycles. The summed E-state index contributed by atoms with van der Waals surface area (Å²) in [7, 11) is 0. The van der Waals surface area contributed by atoms with E-state index < -0.39 is 4.92 Å². The summed E-state index contributed by atoms with van der Waals surface area (Å²) in [6.07, 6.45) is 1.49. The zero-order valence-electron chi connectivity index (χ0n) is 11.2. The maximum absolute atomic E-state index is 12.8. The average molecular weight is 275 g/mol. The van der Waals surface area contributed by atoms with E-state index in [0.29, 0.717) is 23.4 Å². The van der Waals surface area contributed by atoms with E-state index in [4.69, 9.17) is 0 Å². The van der Waals surface area contributed by atoms with Crippen molar-refractivity contribution in [3.05, 3.63) is 63.2 Å². The lowest BCUT2D eigenvalue weighted by Gasteiger charge is -2.09. The van der Waals surface area contributed by atoms with Gasteiger partial charge in [0, 0.05) is 17.4 Å². The average Bonchev–Trinajstić information content (AvgIpc) is 2.39. The third kappa shape index (κ3) is 2.90. The molecule has 0 fully saturated rings. The minimum Gasteiger partial charge on any atom is -0.379 e. The van der Waals surface area contributed by atoms with Crippen LogP contribution in [0.3, 0.4) is 0 Å². The number of benzene rings is 1. The van der Waals surface area contributed by atoms with Crippen molar-refractivity contribution in [2.24, 2.45) is 0 Å². The molecule has 1 heterocycles. The van der Waals surface area contributed by atoms with Crippen LogP contribution in [0.1, 0.15) is 16.8 Å². The van der Waals surface area contributed by atoms with Gasteiger partial charge >= 0.3 is 0 Å². The fourth-order valence-electron chi connectivity index (χ4n) is 1.98. The van der Waals surface area contributed by atoms with Gasteiger partial charge in [-0.3, -0.25) is 15.1 Å². The Hall–Kier alpha value is -2.50. The molecule has 1 aromatic heterocycles. The van der Waals surface area contributed by atoms with Gasteiger partial charge in [-0.25, -0.2) is 4.39 Å². The Morgan fingerprint density at radius 3 is 2.55 bits per heavy atom. The number of anilines is 1. The molecule has 1 aromatic carbocycles. The van der Waals surface area contributed by atoms with Gasteiger partial charge in [0.1, 0.15) is 5.82 Å². The molecule has 5 nitrogen and oxygen atoms in total. The Bertz CT molecular complexity index is 642. The van der Waals surface area contributed by atoms with Crippen LogP contribution in [0.2, 0.25) is 0 Å². The highest BCUT2D eigenvalue weighted by molar-refractivity contribution is 5.49. The summed E-state index contributed by atoms with van der Waals surface area (Å²) in [6, 6.07) is 5.90. The first-order valence-electron chi connectivity index (χ1n) is 6.08. The zero-order valence-corrected chi connectivity index (χ0v) is 11.2. The lowest BCUT2D eigenvalue weighted by Crippen LogP contribution is -2.07. The van der Waals surface area contributed by atoms with E-state index in [2.05, 4.69) is 10.3 Å². The van der Waals surface area contributed by atoms with E-state index in [0.717, 1.165) is 5.69 Å². The first kappa shape index (κ1) is 13.9. The molecule has 0 atom stereocenters. The van der Waals surface area contributed by atoms with Crippen molar-refractivity contribution >= 4 is 11.4 Å². The van der Waals surface area contributed by atoms with Gasteiger partial charge in [0.05, 0.1) is 22.7 Å². The third-order valence-corrected chi connectivity index (χ3v) is 3.06. The molecule has 0 unspecified atom stereocenters. The van der Waals surface area contributed by atoms with Gasteiger partial charge in [0.2, 0.25) is 0 Å². The monoisotopic (exact) mass is 275 g/mol. The SMILES string of the molecule is Cc1cnc(CNc2ccc(F)cc2)c(C)c1[N+](=O)[O-]. The van der Waals surface area contributed by atoms with Crippen molar-refractivity contribution in [3.63, 3.8) is 0 Å². The number of nitrogens with one attached hydrogen (secondary N) is 1. The van der Waals surface area contributed by atoms with Crippen molar-refractivity contribution in [2.45, 2.75) is 20.4 Å². The predicted octanol–water partition coefficient (Wildman–Crippen LogP) is 3.36. The van der Waals surface area contributed by atoms with Crippen LogP contribution in [0.25, 0.3) is 0 Å². The van der Waals surface area contributed by atoms with E-state index >= 15 is 0 Å². The van der Waals surface area contributed by atoms with Crippen LogP contribution in [0.15, 0.2) is 30.5 Å². The second-order valence-corrected chi connectivity index (χ2v) is 4.48. The summed E-state index contributed by atoms with van der Waals surface area (Å²) in [6.45, 7) is 3.69. The molecular weight excluding hydrogens is 261 g/mol. The fraction of sp³-hybridized carbons (Fsp3) is 0.214. The molecule has 20 heavy (non-hydrogen) atoms. The van der Waals surface area contributed by atoms with Crippen molar-refractivity contribution in [1.29, 1.82) is 0 Å². The predicted molar refractivity (Wildman–Crippen MR) is 74.1 cm³/mol. The Morgan fingerprint density at radius 2 is 1.95 bits per heavy atom. The summed E-state index contributed by atoms with van der Waals surface area (Å²) >= 11 is 0. The number of halogens is 1. The molecule has 1 N–H and O–H groups in total. The molecule has 0 saturated carbocycles. The van der Waals surface area contributed by atoms with Crippen LogP contribution < -0.4 is 5.32 Å². The van der Waals surface area contributed by atoms with Crippen LogP contribution in [-0.2, 0) is 6.54 Å². The topological polar surface area (TPSA) is 68.1 Å². The molecule has 0 spiro atoms. The largest absolute Gasteiger partial charge is 0.379 e. The highest BCUT2D eigenvalue weighted by atomic mass is 19.1. The van der Waals surface area contributed by atoms with Gasteiger partial charge in [0.15, 0.2) is 0 Å². The number of aromatic nitrogens is 1. The molecule has 0 aliphatic carbocycles. The van der Waals surface area contributed by atoms with E-state index in [1.165, 1.54) is 18.3 Å². The molecule has 2 aromatic rings. The summed E-state index contributed by atoms with van der Waals surface area (Å²) in [5.41, 5.74) is 2.51. The lowest BCUT2D eigenvalue weighted by atomic mass is 10.1. The number of rotatable bonds is 4. The molecule has 0 radical (unpaired) electrons. The zero-order chi connectivity index (χ0) is 14.7.